The summed E-state index contributed by atoms with van der Waals surface area (Å²) in [7, 11) is 0. The Morgan fingerprint density at radius 1 is 1.06 bits per heavy atom. The Labute approximate surface area is 190 Å². The van der Waals surface area contributed by atoms with Crippen molar-refractivity contribution in [1.29, 1.82) is 0 Å². The highest BCUT2D eigenvalue weighted by molar-refractivity contribution is 5.96. The zero-order chi connectivity index (χ0) is 23.1. The van der Waals surface area contributed by atoms with Crippen molar-refractivity contribution in [3.8, 4) is 11.5 Å². The van der Waals surface area contributed by atoms with Gasteiger partial charge in [-0.25, -0.2) is 4.79 Å². The summed E-state index contributed by atoms with van der Waals surface area (Å²) in [5.74, 6) is 0.650. The quantitative estimate of drug-likeness (QED) is 0.478. The van der Waals surface area contributed by atoms with E-state index in [1.807, 2.05) is 18.2 Å². The number of carbonyl (C=O) groups excluding carboxylic acids is 1. The Bertz CT molecular complexity index is 964. The molecule has 0 saturated heterocycles. The van der Waals surface area contributed by atoms with Gasteiger partial charge in [0.25, 0.3) is 0 Å². The van der Waals surface area contributed by atoms with Crippen molar-refractivity contribution in [3.63, 3.8) is 0 Å². The first kappa shape index (κ1) is 23.6. The molecule has 1 aliphatic rings. The van der Waals surface area contributed by atoms with Crippen LogP contribution in [0.25, 0.3) is 6.08 Å². The smallest absolute Gasteiger partial charge is 0.352 e. The van der Waals surface area contributed by atoms with Crippen LogP contribution < -0.4 is 10.1 Å². The molecule has 2 aromatic rings. The molecule has 0 spiro atoms. The van der Waals surface area contributed by atoms with Crippen LogP contribution in [0.3, 0.4) is 0 Å². The number of carboxylic acid groups (broad SMARTS) is 1. The highest BCUT2D eigenvalue weighted by Gasteiger charge is 2.19. The number of hydrogen-bond donors (Lipinski definition) is 2. The number of carboxylic acids is 1. The van der Waals surface area contributed by atoms with Crippen LogP contribution in [0.2, 0.25) is 0 Å². The summed E-state index contributed by atoms with van der Waals surface area (Å²) < 4.78 is 6.08. The zero-order valence-corrected chi connectivity index (χ0v) is 19.2. The molecule has 2 N–H and O–H groups in total. The number of aliphatic carboxylic acids is 1. The van der Waals surface area contributed by atoms with Gasteiger partial charge in [-0.15, -0.1) is 0 Å². The largest absolute Gasteiger partial charge is 0.477 e. The molecule has 0 aromatic heterocycles. The maximum Gasteiger partial charge on any atom is 0.352 e. The van der Waals surface area contributed by atoms with Gasteiger partial charge >= 0.3 is 5.97 Å². The zero-order valence-electron chi connectivity index (χ0n) is 19.2. The van der Waals surface area contributed by atoms with Gasteiger partial charge in [0.1, 0.15) is 17.2 Å². The molecule has 2 aromatic carbocycles. The van der Waals surface area contributed by atoms with Crippen LogP contribution in [-0.4, -0.2) is 17.0 Å². The second-order valence-corrected chi connectivity index (χ2v) is 9.52. The number of amides is 1. The number of para-hydroxylation sites is 1. The molecule has 0 atom stereocenters. The lowest BCUT2D eigenvalue weighted by molar-refractivity contribution is -0.134. The lowest BCUT2D eigenvalue weighted by atomic mass is 9.86. The van der Waals surface area contributed by atoms with Gasteiger partial charge in [-0.05, 0) is 47.6 Å². The molecule has 170 valence electrons. The third-order valence-corrected chi connectivity index (χ3v) is 5.87. The molecule has 0 radical (unpaired) electrons. The summed E-state index contributed by atoms with van der Waals surface area (Å²) in [5.41, 5.74) is 1.62. The van der Waals surface area contributed by atoms with Crippen molar-refractivity contribution in [2.45, 2.75) is 64.7 Å². The lowest BCUT2D eigenvalue weighted by Crippen LogP contribution is -2.27. The van der Waals surface area contributed by atoms with Crippen molar-refractivity contribution in [1.82, 2.24) is 5.32 Å². The maximum absolute atomic E-state index is 12.2. The molecule has 0 heterocycles. The van der Waals surface area contributed by atoms with E-state index >= 15 is 0 Å². The molecule has 32 heavy (non-hydrogen) atoms. The summed E-state index contributed by atoms with van der Waals surface area (Å²) >= 11 is 0. The van der Waals surface area contributed by atoms with Crippen LogP contribution in [0.5, 0.6) is 11.5 Å². The number of ether oxygens (including phenoxy) is 1. The van der Waals surface area contributed by atoms with E-state index in [-0.39, 0.29) is 17.0 Å². The fraction of sp³-hybridized carbons (Fsp3) is 0.407. The van der Waals surface area contributed by atoms with Crippen LogP contribution >= 0.6 is 0 Å². The third kappa shape index (κ3) is 6.71. The summed E-state index contributed by atoms with van der Waals surface area (Å²) in [4.78, 5) is 23.9. The fourth-order valence-electron chi connectivity index (χ4n) is 4.10. The average Bonchev–Trinajstić information content (AvgIpc) is 3.26. The Balaban J connectivity index is 1.65. The number of nitrogens with one attached hydrogen (secondary N) is 1. The molecule has 1 saturated carbocycles. The molecule has 1 aliphatic carbocycles. The highest BCUT2D eigenvalue weighted by atomic mass is 16.5. The Morgan fingerprint density at radius 3 is 2.34 bits per heavy atom. The van der Waals surface area contributed by atoms with E-state index in [1.165, 1.54) is 31.8 Å². The lowest BCUT2D eigenvalue weighted by Gasteiger charge is -2.22. The van der Waals surface area contributed by atoms with E-state index in [0.717, 1.165) is 17.7 Å². The molecular formula is C27H33NO4. The van der Waals surface area contributed by atoms with Gasteiger partial charge in [0.15, 0.2) is 0 Å². The fourth-order valence-corrected chi connectivity index (χ4v) is 4.10. The van der Waals surface area contributed by atoms with E-state index in [1.54, 1.807) is 24.3 Å². The molecule has 0 bridgehead atoms. The van der Waals surface area contributed by atoms with Gasteiger partial charge in [-0.2, -0.15) is 0 Å². The first-order valence-electron chi connectivity index (χ1n) is 11.3. The molecule has 3 rings (SSSR count). The van der Waals surface area contributed by atoms with E-state index in [9.17, 15) is 14.7 Å². The van der Waals surface area contributed by atoms with Crippen molar-refractivity contribution >= 4 is 18.0 Å². The van der Waals surface area contributed by atoms with E-state index in [0.29, 0.717) is 23.7 Å². The molecule has 0 unspecified atom stereocenters. The summed E-state index contributed by atoms with van der Waals surface area (Å²) in [5, 5.41) is 12.1. The average molecular weight is 436 g/mol. The summed E-state index contributed by atoms with van der Waals surface area (Å²) in [6, 6.07) is 15.1. The predicted octanol–water partition coefficient (Wildman–Crippen LogP) is 6.29. The standard InChI is InChI=1S/C27H33NO4/c1-27(2,3)22-10-6-7-11-24(22)32-21-15-12-20(13-16-21)18-23(26(30)31)28-25(29)17-14-19-8-4-5-9-19/h6-7,10-13,15-16,18-19H,4-5,8-9,14,17H2,1-3H3,(H,28,29)(H,30,31). The highest BCUT2D eigenvalue weighted by Crippen LogP contribution is 2.34. The van der Waals surface area contributed by atoms with Crippen molar-refractivity contribution in [3.05, 3.63) is 65.4 Å². The van der Waals surface area contributed by atoms with E-state index in [2.05, 4.69) is 32.2 Å². The topological polar surface area (TPSA) is 75.6 Å². The van der Waals surface area contributed by atoms with Gasteiger partial charge < -0.3 is 15.2 Å². The van der Waals surface area contributed by atoms with Gasteiger partial charge in [0, 0.05) is 12.0 Å². The minimum atomic E-state index is -1.15. The van der Waals surface area contributed by atoms with Crippen molar-refractivity contribution in [2.24, 2.45) is 5.92 Å². The minimum Gasteiger partial charge on any atom is -0.477 e. The molecule has 1 fully saturated rings. The SMILES string of the molecule is CC(C)(C)c1ccccc1Oc1ccc(C=C(NC(=O)CCC2CCCC2)C(=O)O)cc1. The van der Waals surface area contributed by atoms with Gasteiger partial charge in [-0.1, -0.05) is 76.8 Å². The van der Waals surface area contributed by atoms with E-state index < -0.39 is 5.97 Å². The maximum atomic E-state index is 12.2. The normalized spacial score (nSPS) is 14.9. The van der Waals surface area contributed by atoms with Crippen LogP contribution in [0, 0.1) is 5.92 Å². The van der Waals surface area contributed by atoms with Crippen LogP contribution in [-0.2, 0) is 15.0 Å². The minimum absolute atomic E-state index is 0.0500. The Hall–Kier alpha value is -3.08. The first-order valence-corrected chi connectivity index (χ1v) is 11.3. The van der Waals surface area contributed by atoms with Gasteiger partial charge in [0.05, 0.1) is 0 Å². The summed E-state index contributed by atoms with van der Waals surface area (Å²) in [6.07, 6.45) is 7.45. The van der Waals surface area contributed by atoms with Crippen LogP contribution in [0.4, 0.5) is 0 Å². The molecule has 0 aliphatic heterocycles. The number of benzene rings is 2. The van der Waals surface area contributed by atoms with Gasteiger partial charge in [0.2, 0.25) is 5.91 Å². The predicted molar refractivity (Wildman–Crippen MR) is 127 cm³/mol. The van der Waals surface area contributed by atoms with Gasteiger partial charge in [-0.3, -0.25) is 4.79 Å². The third-order valence-electron chi connectivity index (χ3n) is 5.87. The molecule has 5 nitrogen and oxygen atoms in total. The second kappa shape index (κ2) is 10.5. The Kier molecular flexibility index (Phi) is 7.73. The summed E-state index contributed by atoms with van der Waals surface area (Å²) in [6.45, 7) is 6.41. The second-order valence-electron chi connectivity index (χ2n) is 9.52. The molecular weight excluding hydrogens is 402 g/mol. The monoisotopic (exact) mass is 435 g/mol. The Morgan fingerprint density at radius 2 is 1.72 bits per heavy atom. The number of rotatable bonds is 8. The van der Waals surface area contributed by atoms with Crippen molar-refractivity contribution in [2.75, 3.05) is 0 Å². The van der Waals surface area contributed by atoms with Crippen molar-refractivity contribution < 1.29 is 19.4 Å². The first-order chi connectivity index (χ1) is 15.2. The van der Waals surface area contributed by atoms with E-state index in [4.69, 9.17) is 4.74 Å². The van der Waals surface area contributed by atoms with Crippen LogP contribution in [0.15, 0.2) is 54.2 Å². The van der Waals surface area contributed by atoms with Crippen LogP contribution in [0.1, 0.15) is 70.4 Å². The number of carbonyl (C=O) groups is 2. The molecule has 1 amide bonds. The number of hydrogen-bond acceptors (Lipinski definition) is 3. The molecule has 5 heteroatoms.